The Morgan fingerprint density at radius 2 is 1.91 bits per heavy atom. The van der Waals surface area contributed by atoms with Crippen LogP contribution in [0.2, 0.25) is 0 Å². The normalized spacial score (nSPS) is 27.4. The van der Waals surface area contributed by atoms with Crippen LogP contribution in [0.3, 0.4) is 0 Å². The first-order valence-electron chi connectivity index (χ1n) is 7.68. The number of nitrogens with zero attached hydrogens (tertiary/aromatic N) is 2. The molecule has 128 valence electrons. The molecule has 1 atom stereocenters. The van der Waals surface area contributed by atoms with Gasteiger partial charge in [0, 0.05) is 32.7 Å². The van der Waals surface area contributed by atoms with Crippen LogP contribution in [0.25, 0.3) is 0 Å². The van der Waals surface area contributed by atoms with Crippen molar-refractivity contribution < 1.29 is 22.7 Å². The minimum Gasteiger partial charge on any atom is -0.387 e. The van der Waals surface area contributed by atoms with Gasteiger partial charge in [-0.25, -0.2) is 12.8 Å². The monoisotopic (exact) mass is 344 g/mol. The minimum absolute atomic E-state index is 0.0129. The highest BCUT2D eigenvalue weighted by molar-refractivity contribution is 7.89. The minimum atomic E-state index is -3.93. The summed E-state index contributed by atoms with van der Waals surface area (Å²) < 4.78 is 45.4. The zero-order valence-corrected chi connectivity index (χ0v) is 13.6. The second-order valence-corrected chi connectivity index (χ2v) is 8.04. The van der Waals surface area contributed by atoms with Gasteiger partial charge in [-0.1, -0.05) is 12.1 Å². The number of morpholine rings is 1. The molecule has 3 rings (SSSR count). The summed E-state index contributed by atoms with van der Waals surface area (Å²) in [7, 11) is -3.93. The molecule has 0 spiro atoms. The summed E-state index contributed by atoms with van der Waals surface area (Å²) in [5.74, 6) is -0.767. The van der Waals surface area contributed by atoms with E-state index in [1.165, 1.54) is 22.5 Å². The number of sulfonamides is 1. The number of ether oxygens (including phenoxy) is 1. The zero-order valence-electron chi connectivity index (χ0n) is 12.8. The quantitative estimate of drug-likeness (QED) is 0.850. The van der Waals surface area contributed by atoms with E-state index in [9.17, 15) is 17.9 Å². The van der Waals surface area contributed by atoms with Crippen LogP contribution in [0.1, 0.15) is 6.42 Å². The summed E-state index contributed by atoms with van der Waals surface area (Å²) in [6.45, 7) is 3.27. The van der Waals surface area contributed by atoms with Crippen molar-refractivity contribution in [2.75, 3.05) is 45.9 Å². The number of benzene rings is 1. The Balaban J connectivity index is 1.72. The topological polar surface area (TPSA) is 70.1 Å². The van der Waals surface area contributed by atoms with Gasteiger partial charge in [0.05, 0.1) is 18.8 Å². The molecule has 2 heterocycles. The van der Waals surface area contributed by atoms with Crippen LogP contribution in [0.15, 0.2) is 29.2 Å². The number of hydrogen-bond donors (Lipinski definition) is 1. The van der Waals surface area contributed by atoms with E-state index in [0.29, 0.717) is 26.2 Å². The van der Waals surface area contributed by atoms with Crippen LogP contribution in [-0.2, 0) is 14.8 Å². The molecular weight excluding hydrogens is 323 g/mol. The molecule has 0 radical (unpaired) electrons. The van der Waals surface area contributed by atoms with Crippen molar-refractivity contribution in [3.05, 3.63) is 30.1 Å². The Hall–Kier alpha value is -1.06. The van der Waals surface area contributed by atoms with E-state index in [1.54, 1.807) is 0 Å². The molecule has 2 saturated heterocycles. The van der Waals surface area contributed by atoms with Crippen LogP contribution >= 0.6 is 0 Å². The molecule has 1 aromatic rings. The van der Waals surface area contributed by atoms with E-state index < -0.39 is 21.4 Å². The van der Waals surface area contributed by atoms with E-state index in [-0.39, 0.29) is 18.0 Å². The molecular formula is C15H21FN2O4S. The molecule has 1 N–H and O–H groups in total. The van der Waals surface area contributed by atoms with Crippen molar-refractivity contribution in [3.63, 3.8) is 0 Å². The van der Waals surface area contributed by atoms with E-state index in [1.807, 2.05) is 0 Å². The van der Waals surface area contributed by atoms with E-state index in [2.05, 4.69) is 4.90 Å². The van der Waals surface area contributed by atoms with Gasteiger partial charge in [0.25, 0.3) is 0 Å². The van der Waals surface area contributed by atoms with Crippen molar-refractivity contribution in [1.82, 2.24) is 9.21 Å². The molecule has 2 aliphatic heterocycles. The Kier molecular flexibility index (Phi) is 4.70. The van der Waals surface area contributed by atoms with Gasteiger partial charge in [-0.3, -0.25) is 4.90 Å². The number of β-amino-alcohol motifs (C(OH)–C–C–N with tert-alkyl or cyclic N) is 1. The number of halogens is 1. The summed E-state index contributed by atoms with van der Waals surface area (Å²) in [6, 6.07) is 5.33. The molecule has 23 heavy (non-hydrogen) atoms. The molecule has 0 unspecified atom stereocenters. The number of hydrogen-bond acceptors (Lipinski definition) is 5. The summed E-state index contributed by atoms with van der Waals surface area (Å²) in [5, 5.41) is 10.7. The van der Waals surface area contributed by atoms with Gasteiger partial charge in [-0.05, 0) is 18.6 Å². The molecule has 2 aliphatic rings. The molecule has 1 aromatic carbocycles. The smallest absolute Gasteiger partial charge is 0.246 e. The highest BCUT2D eigenvalue weighted by Gasteiger charge is 2.43. The van der Waals surface area contributed by atoms with Crippen LogP contribution in [-0.4, -0.2) is 74.3 Å². The zero-order chi connectivity index (χ0) is 16.5. The largest absolute Gasteiger partial charge is 0.387 e. The van der Waals surface area contributed by atoms with E-state index in [4.69, 9.17) is 4.74 Å². The van der Waals surface area contributed by atoms with Gasteiger partial charge in [-0.15, -0.1) is 0 Å². The summed E-state index contributed by atoms with van der Waals surface area (Å²) in [6.07, 6.45) is 0.345. The standard InChI is InChI=1S/C15H21FN2O4S/c16-13-3-1-2-4-14(13)23(20,21)18-6-5-15(19,12-18)11-17-7-9-22-10-8-17/h1-4,19H,5-12H2/t15-/m0/s1. The fourth-order valence-corrected chi connectivity index (χ4v) is 4.71. The molecule has 0 aromatic heterocycles. The van der Waals surface area contributed by atoms with Gasteiger partial charge in [0.1, 0.15) is 10.7 Å². The maximum absolute atomic E-state index is 13.8. The lowest BCUT2D eigenvalue weighted by Crippen LogP contribution is -2.49. The first-order chi connectivity index (χ1) is 10.9. The van der Waals surface area contributed by atoms with Crippen molar-refractivity contribution in [2.45, 2.75) is 16.9 Å². The highest BCUT2D eigenvalue weighted by Crippen LogP contribution is 2.29. The molecule has 0 saturated carbocycles. The van der Waals surface area contributed by atoms with Gasteiger partial charge in [0.2, 0.25) is 10.0 Å². The fraction of sp³-hybridized carbons (Fsp3) is 0.600. The molecule has 2 fully saturated rings. The first kappa shape index (κ1) is 16.8. The molecule has 0 aliphatic carbocycles. The van der Waals surface area contributed by atoms with Crippen molar-refractivity contribution in [1.29, 1.82) is 0 Å². The van der Waals surface area contributed by atoms with Crippen LogP contribution in [0.4, 0.5) is 4.39 Å². The average molecular weight is 344 g/mol. The molecule has 6 nitrogen and oxygen atoms in total. The second-order valence-electron chi connectivity index (χ2n) is 6.13. The van der Waals surface area contributed by atoms with Crippen molar-refractivity contribution >= 4 is 10.0 Å². The second kappa shape index (κ2) is 6.45. The van der Waals surface area contributed by atoms with Crippen molar-refractivity contribution in [3.8, 4) is 0 Å². The van der Waals surface area contributed by atoms with Crippen LogP contribution < -0.4 is 0 Å². The Bertz CT molecular complexity index is 663. The average Bonchev–Trinajstić information content (AvgIpc) is 2.91. The third kappa shape index (κ3) is 3.56. The van der Waals surface area contributed by atoms with Gasteiger partial charge >= 0.3 is 0 Å². The van der Waals surface area contributed by atoms with Crippen LogP contribution in [0.5, 0.6) is 0 Å². The maximum Gasteiger partial charge on any atom is 0.246 e. The fourth-order valence-electron chi connectivity index (χ4n) is 3.12. The third-order valence-corrected chi connectivity index (χ3v) is 6.25. The lowest BCUT2D eigenvalue weighted by atomic mass is 10.0. The van der Waals surface area contributed by atoms with Crippen molar-refractivity contribution in [2.24, 2.45) is 0 Å². The first-order valence-corrected chi connectivity index (χ1v) is 9.12. The van der Waals surface area contributed by atoms with Gasteiger partial charge < -0.3 is 9.84 Å². The lowest BCUT2D eigenvalue weighted by molar-refractivity contribution is -0.0239. The maximum atomic E-state index is 13.8. The van der Waals surface area contributed by atoms with E-state index >= 15 is 0 Å². The predicted molar refractivity (Wildman–Crippen MR) is 82.0 cm³/mol. The summed E-state index contributed by atoms with van der Waals surface area (Å²) in [5.41, 5.74) is -1.10. The molecule has 0 amide bonds. The third-order valence-electron chi connectivity index (χ3n) is 4.37. The lowest BCUT2D eigenvalue weighted by Gasteiger charge is -2.33. The SMILES string of the molecule is O=S(=O)(c1ccccc1F)N1CC[C@](O)(CN2CCOCC2)C1. The highest BCUT2D eigenvalue weighted by atomic mass is 32.2. The summed E-state index contributed by atoms with van der Waals surface area (Å²) >= 11 is 0. The van der Waals surface area contributed by atoms with Gasteiger partial charge in [0.15, 0.2) is 0 Å². The number of rotatable bonds is 4. The molecule has 8 heteroatoms. The van der Waals surface area contributed by atoms with Gasteiger partial charge in [-0.2, -0.15) is 4.31 Å². The Labute approximate surface area is 135 Å². The summed E-state index contributed by atoms with van der Waals surface area (Å²) in [4.78, 5) is 1.73. The Morgan fingerprint density at radius 1 is 1.22 bits per heavy atom. The molecule has 0 bridgehead atoms. The Morgan fingerprint density at radius 3 is 2.61 bits per heavy atom. The van der Waals surface area contributed by atoms with Crippen LogP contribution in [0, 0.1) is 5.82 Å². The number of aliphatic hydroxyl groups is 1. The predicted octanol–water partition coefficient (Wildman–Crippen LogP) is 0.283. The van der Waals surface area contributed by atoms with E-state index in [0.717, 1.165) is 19.2 Å².